The minimum Gasteiger partial charge on any atom is -0.490 e. The van der Waals surface area contributed by atoms with Crippen LogP contribution in [0.15, 0.2) is 18.2 Å². The highest BCUT2D eigenvalue weighted by Crippen LogP contribution is 2.34. The fourth-order valence-corrected chi connectivity index (χ4v) is 2.91. The van der Waals surface area contributed by atoms with Crippen LogP contribution in [0.2, 0.25) is 0 Å². The number of anilines is 1. The molecule has 4 nitrogen and oxygen atoms in total. The quantitative estimate of drug-likeness (QED) is 0.862. The molecule has 0 saturated carbocycles. The number of piperazine rings is 1. The van der Waals surface area contributed by atoms with Crippen molar-refractivity contribution in [2.75, 3.05) is 37.7 Å². The molecule has 0 aromatic heterocycles. The van der Waals surface area contributed by atoms with Gasteiger partial charge in [0, 0.05) is 43.9 Å². The average Bonchev–Trinajstić information content (AvgIpc) is 2.71. The van der Waals surface area contributed by atoms with E-state index >= 15 is 0 Å². The van der Waals surface area contributed by atoms with E-state index in [9.17, 15) is 0 Å². The molecule has 116 valence electrons. The molecule has 2 heterocycles. The van der Waals surface area contributed by atoms with Crippen LogP contribution >= 0.6 is 0 Å². The number of hydrogen-bond donors (Lipinski definition) is 1. The lowest BCUT2D eigenvalue weighted by molar-refractivity contribution is 0.254. The molecule has 0 bridgehead atoms. The molecule has 0 amide bonds. The van der Waals surface area contributed by atoms with Gasteiger partial charge in [-0.15, -0.1) is 0 Å². The number of fused-ring (bicyclic) bond motifs is 1. The molecule has 4 heteroatoms. The summed E-state index contributed by atoms with van der Waals surface area (Å²) < 4.78 is 11.5. The van der Waals surface area contributed by atoms with Crippen molar-refractivity contribution in [3.05, 3.63) is 18.2 Å². The fraction of sp³-hybridized carbons (Fsp3) is 0.647. The first-order valence-corrected chi connectivity index (χ1v) is 7.92. The first kappa shape index (κ1) is 14.5. The first-order valence-electron chi connectivity index (χ1n) is 7.92. The molecule has 1 unspecified atom stereocenters. The Kier molecular flexibility index (Phi) is 3.98. The smallest absolute Gasteiger partial charge is 0.163 e. The summed E-state index contributed by atoms with van der Waals surface area (Å²) >= 11 is 0. The van der Waals surface area contributed by atoms with Gasteiger partial charge in [0.05, 0.1) is 13.2 Å². The van der Waals surface area contributed by atoms with Crippen LogP contribution in [0.4, 0.5) is 5.69 Å². The van der Waals surface area contributed by atoms with Gasteiger partial charge >= 0.3 is 0 Å². The minimum absolute atomic E-state index is 0.268. The number of nitrogens with one attached hydrogen (secondary N) is 1. The van der Waals surface area contributed by atoms with Crippen LogP contribution < -0.4 is 19.7 Å². The fourth-order valence-electron chi connectivity index (χ4n) is 2.91. The van der Waals surface area contributed by atoms with E-state index in [-0.39, 0.29) is 5.41 Å². The zero-order chi connectivity index (χ0) is 14.9. The largest absolute Gasteiger partial charge is 0.490 e. The van der Waals surface area contributed by atoms with Gasteiger partial charge in [0.25, 0.3) is 0 Å². The molecule has 1 saturated heterocycles. The Bertz CT molecular complexity index is 496. The zero-order valence-corrected chi connectivity index (χ0v) is 13.3. The highest BCUT2D eigenvalue weighted by atomic mass is 16.5. The number of nitrogens with zero attached hydrogens (tertiary/aromatic N) is 1. The number of hydrogen-bond acceptors (Lipinski definition) is 4. The summed E-state index contributed by atoms with van der Waals surface area (Å²) in [7, 11) is 0. The molecule has 0 spiro atoms. The molecule has 21 heavy (non-hydrogen) atoms. The third-order valence-corrected chi connectivity index (χ3v) is 4.32. The van der Waals surface area contributed by atoms with Crippen LogP contribution in [0.1, 0.15) is 27.2 Å². The van der Waals surface area contributed by atoms with E-state index < -0.39 is 0 Å². The Balaban J connectivity index is 1.79. The Hall–Kier alpha value is -1.42. The Morgan fingerprint density at radius 2 is 1.90 bits per heavy atom. The lowest BCUT2D eigenvalue weighted by atomic mass is 9.85. The maximum Gasteiger partial charge on any atom is 0.163 e. The normalized spacial score (nSPS) is 22.8. The second-order valence-corrected chi connectivity index (χ2v) is 7.00. The Morgan fingerprint density at radius 3 is 2.67 bits per heavy atom. The third kappa shape index (κ3) is 3.26. The van der Waals surface area contributed by atoms with Gasteiger partial charge in [0.2, 0.25) is 0 Å². The molecule has 1 aromatic rings. The van der Waals surface area contributed by atoms with Gasteiger partial charge in [-0.25, -0.2) is 0 Å². The maximum absolute atomic E-state index is 5.81. The summed E-state index contributed by atoms with van der Waals surface area (Å²) in [6, 6.07) is 6.83. The van der Waals surface area contributed by atoms with E-state index in [0.717, 1.165) is 50.8 Å². The first-order chi connectivity index (χ1) is 10.0. The van der Waals surface area contributed by atoms with Crippen molar-refractivity contribution in [1.29, 1.82) is 0 Å². The average molecular weight is 290 g/mol. The van der Waals surface area contributed by atoms with Crippen molar-refractivity contribution in [3.8, 4) is 11.5 Å². The van der Waals surface area contributed by atoms with Gasteiger partial charge in [0.15, 0.2) is 11.5 Å². The van der Waals surface area contributed by atoms with Crippen molar-refractivity contribution >= 4 is 5.69 Å². The summed E-state index contributed by atoms with van der Waals surface area (Å²) in [6.07, 6.45) is 0.948. The van der Waals surface area contributed by atoms with E-state index in [4.69, 9.17) is 9.47 Å². The predicted molar refractivity (Wildman–Crippen MR) is 85.5 cm³/mol. The molecule has 0 radical (unpaired) electrons. The molecular weight excluding hydrogens is 264 g/mol. The van der Waals surface area contributed by atoms with E-state index in [0.29, 0.717) is 6.04 Å². The van der Waals surface area contributed by atoms with Crippen LogP contribution in [0, 0.1) is 5.41 Å². The lowest BCUT2D eigenvalue weighted by Crippen LogP contribution is -2.56. The van der Waals surface area contributed by atoms with E-state index in [1.165, 1.54) is 5.69 Å². The molecule has 1 N–H and O–H groups in total. The van der Waals surface area contributed by atoms with Gasteiger partial charge in [-0.3, -0.25) is 0 Å². The molecular formula is C17H26N2O2. The summed E-state index contributed by atoms with van der Waals surface area (Å²) in [6.45, 7) is 11.5. The van der Waals surface area contributed by atoms with Crippen molar-refractivity contribution in [1.82, 2.24) is 5.32 Å². The maximum atomic E-state index is 5.81. The minimum atomic E-state index is 0.268. The molecule has 1 atom stereocenters. The van der Waals surface area contributed by atoms with E-state index in [1.807, 2.05) is 6.07 Å². The van der Waals surface area contributed by atoms with Gasteiger partial charge in [0.1, 0.15) is 0 Å². The van der Waals surface area contributed by atoms with Crippen LogP contribution in [0.25, 0.3) is 0 Å². The Morgan fingerprint density at radius 1 is 1.14 bits per heavy atom. The van der Waals surface area contributed by atoms with Crippen molar-refractivity contribution in [3.63, 3.8) is 0 Å². The topological polar surface area (TPSA) is 33.7 Å². The molecule has 3 rings (SSSR count). The Labute approximate surface area is 127 Å². The highest BCUT2D eigenvalue weighted by Gasteiger charge is 2.29. The van der Waals surface area contributed by atoms with Gasteiger partial charge in [-0.2, -0.15) is 0 Å². The third-order valence-electron chi connectivity index (χ3n) is 4.32. The summed E-state index contributed by atoms with van der Waals surface area (Å²) in [5, 5.41) is 3.63. The van der Waals surface area contributed by atoms with E-state index in [1.54, 1.807) is 0 Å². The van der Waals surface area contributed by atoms with Gasteiger partial charge in [-0.1, -0.05) is 20.8 Å². The van der Waals surface area contributed by atoms with Crippen LogP contribution in [-0.4, -0.2) is 38.9 Å². The van der Waals surface area contributed by atoms with Crippen LogP contribution in [0.3, 0.4) is 0 Å². The summed E-state index contributed by atoms with van der Waals surface area (Å²) in [5.74, 6) is 1.76. The van der Waals surface area contributed by atoms with Crippen molar-refractivity contribution in [2.24, 2.45) is 5.41 Å². The summed E-state index contributed by atoms with van der Waals surface area (Å²) in [4.78, 5) is 2.45. The number of ether oxygens (including phenoxy) is 2. The van der Waals surface area contributed by atoms with Crippen molar-refractivity contribution in [2.45, 2.75) is 33.2 Å². The molecule has 1 aromatic carbocycles. The standard InChI is InChI=1S/C17H26N2O2/c1-17(2,3)16-12-19(8-7-18-16)13-5-6-14-15(11-13)21-10-4-9-20-14/h5-6,11,16,18H,4,7-10,12H2,1-3H3. The van der Waals surface area contributed by atoms with Crippen molar-refractivity contribution < 1.29 is 9.47 Å². The molecule has 1 fully saturated rings. The molecule has 2 aliphatic heterocycles. The summed E-state index contributed by atoms with van der Waals surface area (Å²) in [5.41, 5.74) is 1.50. The SMILES string of the molecule is CC(C)(C)C1CN(c2ccc3c(c2)OCCCO3)CCN1. The van der Waals surface area contributed by atoms with Gasteiger partial charge in [-0.05, 0) is 17.5 Å². The van der Waals surface area contributed by atoms with Crippen LogP contribution in [-0.2, 0) is 0 Å². The molecule has 2 aliphatic rings. The molecule has 0 aliphatic carbocycles. The second-order valence-electron chi connectivity index (χ2n) is 7.00. The highest BCUT2D eigenvalue weighted by molar-refractivity contribution is 5.57. The lowest BCUT2D eigenvalue weighted by Gasteiger charge is -2.41. The number of rotatable bonds is 1. The second kappa shape index (κ2) is 5.76. The zero-order valence-electron chi connectivity index (χ0n) is 13.3. The van der Waals surface area contributed by atoms with Crippen LogP contribution in [0.5, 0.6) is 11.5 Å². The van der Waals surface area contributed by atoms with E-state index in [2.05, 4.69) is 43.1 Å². The monoisotopic (exact) mass is 290 g/mol. The number of benzene rings is 1. The predicted octanol–water partition coefficient (Wildman–Crippen LogP) is 2.67. The van der Waals surface area contributed by atoms with Gasteiger partial charge < -0.3 is 19.7 Å².